The van der Waals surface area contributed by atoms with Gasteiger partial charge in [0.2, 0.25) is 0 Å². The minimum Gasteiger partial charge on any atom is -0.507 e. The fourth-order valence-corrected chi connectivity index (χ4v) is 8.34. The first-order chi connectivity index (χ1) is 22.1. The number of carbonyl (C=O) groups excluding carboxylic acids is 2. The molecule has 3 atom stereocenters. The van der Waals surface area contributed by atoms with Crippen LogP contribution < -0.4 is 0 Å². The molecule has 10 heteroatoms. The lowest BCUT2D eigenvalue weighted by molar-refractivity contribution is -0.151. The maximum absolute atomic E-state index is 13.4. The Morgan fingerprint density at radius 1 is 0.830 bits per heavy atom. The van der Waals surface area contributed by atoms with E-state index in [-0.39, 0.29) is 23.2 Å². The van der Waals surface area contributed by atoms with E-state index in [0.29, 0.717) is 40.9 Å². The molecule has 0 spiro atoms. The van der Waals surface area contributed by atoms with E-state index < -0.39 is 11.2 Å². The molecule has 1 heterocycles. The van der Waals surface area contributed by atoms with Crippen molar-refractivity contribution in [2.45, 2.75) is 158 Å². The summed E-state index contributed by atoms with van der Waals surface area (Å²) in [6, 6.07) is 4.17. The number of aromatic nitrogens is 2. The smallest absolute Gasteiger partial charge is 0.320 e. The molecule has 1 aromatic carbocycles. The third-order valence-electron chi connectivity index (χ3n) is 8.42. The fraction of sp³-hybridized carbons (Fsp3) is 0.730. The molecule has 0 aliphatic carbocycles. The lowest BCUT2D eigenvalue weighted by Gasteiger charge is -2.28. The van der Waals surface area contributed by atoms with E-state index in [4.69, 9.17) is 9.47 Å². The second-order valence-corrected chi connectivity index (χ2v) is 18.3. The van der Waals surface area contributed by atoms with E-state index in [1.54, 1.807) is 11.8 Å². The van der Waals surface area contributed by atoms with Gasteiger partial charge >= 0.3 is 11.9 Å². The van der Waals surface area contributed by atoms with Crippen LogP contribution in [0.3, 0.4) is 0 Å². The standard InChI is InChI=1S/C37H60N2O5S3/c1-11-15-17-25(13-3)22-43-31(40)21-30(33(42)44-23-26(14-4)18-16-12-2)46-35-39-38-34(47-35)45-24-27-19-28(36(5,6)7)32(41)29(20-27)37(8,9)10/h19-20,25-26,30,41H,11-18,21-24H2,1-10H3. The minimum atomic E-state index is -0.756. The Kier molecular flexibility index (Phi) is 17.6. The van der Waals surface area contributed by atoms with Gasteiger partial charge in [-0.1, -0.05) is 155 Å². The lowest BCUT2D eigenvalue weighted by atomic mass is 9.78. The molecular weight excluding hydrogens is 649 g/mol. The number of esters is 2. The van der Waals surface area contributed by atoms with Crippen LogP contribution in [0.1, 0.15) is 144 Å². The number of phenolic OH excluding ortho intramolecular Hbond substituents is 1. The summed E-state index contributed by atoms with van der Waals surface area (Å²) in [5, 5.41) is 19.1. The molecule has 47 heavy (non-hydrogen) atoms. The van der Waals surface area contributed by atoms with Gasteiger partial charge in [0.25, 0.3) is 0 Å². The van der Waals surface area contributed by atoms with Gasteiger partial charge in [-0.2, -0.15) is 0 Å². The average molecular weight is 709 g/mol. The third kappa shape index (κ3) is 14.3. The van der Waals surface area contributed by atoms with Crippen LogP contribution in [-0.4, -0.2) is 45.7 Å². The summed E-state index contributed by atoms with van der Waals surface area (Å²) >= 11 is 4.22. The lowest BCUT2D eigenvalue weighted by Crippen LogP contribution is -2.27. The van der Waals surface area contributed by atoms with Gasteiger partial charge in [0.15, 0.2) is 8.68 Å². The number of aromatic hydroxyl groups is 1. The number of benzene rings is 1. The van der Waals surface area contributed by atoms with Crippen molar-refractivity contribution >= 4 is 46.8 Å². The van der Waals surface area contributed by atoms with Gasteiger partial charge in [-0.15, -0.1) is 10.2 Å². The molecule has 1 N–H and O–H groups in total. The predicted molar refractivity (Wildman–Crippen MR) is 198 cm³/mol. The van der Waals surface area contributed by atoms with E-state index in [1.807, 2.05) is 0 Å². The largest absolute Gasteiger partial charge is 0.507 e. The van der Waals surface area contributed by atoms with Gasteiger partial charge in [-0.3, -0.25) is 9.59 Å². The van der Waals surface area contributed by atoms with Crippen molar-refractivity contribution in [1.29, 1.82) is 0 Å². The summed E-state index contributed by atoms with van der Waals surface area (Å²) < 4.78 is 12.8. The molecular formula is C37H60N2O5S3. The van der Waals surface area contributed by atoms with Crippen molar-refractivity contribution in [2.75, 3.05) is 13.2 Å². The van der Waals surface area contributed by atoms with Crippen molar-refractivity contribution in [1.82, 2.24) is 10.2 Å². The summed E-state index contributed by atoms with van der Waals surface area (Å²) in [4.78, 5) is 26.3. The Bertz CT molecular complexity index is 1220. The van der Waals surface area contributed by atoms with Crippen molar-refractivity contribution in [2.24, 2.45) is 11.8 Å². The van der Waals surface area contributed by atoms with Crippen molar-refractivity contribution in [3.63, 3.8) is 0 Å². The molecule has 0 fully saturated rings. The molecule has 1 aromatic heterocycles. The molecule has 266 valence electrons. The van der Waals surface area contributed by atoms with Gasteiger partial charge in [0, 0.05) is 5.75 Å². The Balaban J connectivity index is 2.18. The number of unbranched alkanes of at least 4 members (excludes halogenated alkanes) is 2. The maximum atomic E-state index is 13.4. The Labute approximate surface area is 297 Å². The predicted octanol–water partition coefficient (Wildman–Crippen LogP) is 10.5. The first kappa shape index (κ1) is 41.4. The number of phenols is 1. The van der Waals surface area contributed by atoms with Crippen LogP contribution in [-0.2, 0) is 35.6 Å². The third-order valence-corrected chi connectivity index (χ3v) is 11.8. The highest BCUT2D eigenvalue weighted by molar-refractivity contribution is 8.03. The van der Waals surface area contributed by atoms with E-state index in [1.165, 1.54) is 23.1 Å². The zero-order valence-electron chi connectivity index (χ0n) is 30.6. The SMILES string of the molecule is CCCCC(CC)COC(=O)CC(Sc1nnc(SCc2cc(C(C)(C)C)c(O)c(C(C)(C)C)c2)s1)C(=O)OCC(CC)CCCC. The average Bonchev–Trinajstić information content (AvgIpc) is 3.46. The zero-order chi connectivity index (χ0) is 35.2. The van der Waals surface area contributed by atoms with Crippen LogP contribution in [0.4, 0.5) is 0 Å². The van der Waals surface area contributed by atoms with Crippen LogP contribution in [0, 0.1) is 11.8 Å². The van der Waals surface area contributed by atoms with Crippen LogP contribution in [0.5, 0.6) is 5.75 Å². The Hall–Kier alpha value is -1.78. The number of hydrogen-bond donors (Lipinski definition) is 1. The first-order valence-corrected chi connectivity index (χ1v) is 20.1. The molecule has 0 bridgehead atoms. The summed E-state index contributed by atoms with van der Waals surface area (Å²) in [6.45, 7) is 21.9. The normalized spacial score (nSPS) is 14.1. The second-order valence-electron chi connectivity index (χ2n) is 14.6. The molecule has 3 unspecified atom stereocenters. The van der Waals surface area contributed by atoms with Crippen LogP contribution in [0.2, 0.25) is 0 Å². The summed E-state index contributed by atoms with van der Waals surface area (Å²) in [7, 11) is 0. The van der Waals surface area contributed by atoms with Crippen molar-refractivity contribution in [3.05, 3.63) is 28.8 Å². The topological polar surface area (TPSA) is 98.6 Å². The fourth-order valence-electron chi connectivity index (χ4n) is 5.17. The first-order valence-electron chi connectivity index (χ1n) is 17.4. The zero-order valence-corrected chi connectivity index (χ0v) is 33.0. The summed E-state index contributed by atoms with van der Waals surface area (Å²) in [5.74, 6) is 0.877. The number of rotatable bonds is 20. The molecule has 0 aliphatic rings. The van der Waals surface area contributed by atoms with E-state index >= 15 is 0 Å². The van der Waals surface area contributed by atoms with Gasteiger partial charge in [-0.25, -0.2) is 0 Å². The molecule has 0 radical (unpaired) electrons. The van der Waals surface area contributed by atoms with Gasteiger partial charge in [-0.05, 0) is 52.2 Å². The van der Waals surface area contributed by atoms with E-state index in [9.17, 15) is 14.7 Å². The molecule has 0 saturated heterocycles. The molecule has 7 nitrogen and oxygen atoms in total. The van der Waals surface area contributed by atoms with Gasteiger partial charge in [0.05, 0.1) is 19.6 Å². The monoisotopic (exact) mass is 708 g/mol. The van der Waals surface area contributed by atoms with Crippen molar-refractivity contribution < 1.29 is 24.2 Å². The molecule has 2 rings (SSSR count). The van der Waals surface area contributed by atoms with Crippen LogP contribution in [0.15, 0.2) is 20.8 Å². The van der Waals surface area contributed by atoms with Crippen LogP contribution >= 0.6 is 34.9 Å². The summed E-state index contributed by atoms with van der Waals surface area (Å²) in [5.41, 5.74) is 2.55. The quantitative estimate of drug-likeness (QED) is 0.106. The highest BCUT2D eigenvalue weighted by atomic mass is 32.2. The molecule has 0 aliphatic heterocycles. The van der Waals surface area contributed by atoms with E-state index in [2.05, 4.69) is 91.6 Å². The second kappa shape index (κ2) is 20.0. The Morgan fingerprint density at radius 3 is 1.83 bits per heavy atom. The molecule has 2 aromatic rings. The number of hydrogen-bond acceptors (Lipinski definition) is 10. The maximum Gasteiger partial charge on any atom is 0.320 e. The number of nitrogens with zero attached hydrogens (tertiary/aromatic N) is 2. The number of carbonyl (C=O) groups is 2. The van der Waals surface area contributed by atoms with E-state index in [0.717, 1.165) is 72.4 Å². The Morgan fingerprint density at radius 2 is 1.34 bits per heavy atom. The van der Waals surface area contributed by atoms with Crippen molar-refractivity contribution in [3.8, 4) is 5.75 Å². The number of ether oxygens (including phenoxy) is 2. The number of thioether (sulfide) groups is 2. The molecule has 0 saturated carbocycles. The van der Waals surface area contributed by atoms with Gasteiger partial charge < -0.3 is 14.6 Å². The van der Waals surface area contributed by atoms with Crippen LogP contribution in [0.25, 0.3) is 0 Å². The highest BCUT2D eigenvalue weighted by Gasteiger charge is 2.29. The highest BCUT2D eigenvalue weighted by Crippen LogP contribution is 2.41. The van der Waals surface area contributed by atoms with Gasteiger partial charge in [0.1, 0.15) is 11.0 Å². The summed E-state index contributed by atoms with van der Waals surface area (Å²) in [6.07, 6.45) is 8.29. The molecule has 0 amide bonds. The minimum absolute atomic E-state index is 0.0693.